The Labute approximate surface area is 227 Å². The van der Waals surface area contributed by atoms with Gasteiger partial charge in [-0.05, 0) is 64.7 Å². The number of aryl methyl sites for hydroxylation is 1. The van der Waals surface area contributed by atoms with E-state index in [1.54, 1.807) is 11.8 Å². The Morgan fingerprint density at radius 3 is 2.81 bits per heavy atom. The summed E-state index contributed by atoms with van der Waals surface area (Å²) in [5.41, 5.74) is 4.04. The van der Waals surface area contributed by atoms with Gasteiger partial charge in [0.25, 0.3) is 0 Å². The molecular weight excluding hydrogens is 504 g/mol. The minimum Gasteiger partial charge on any atom is -0.380 e. The molecule has 0 radical (unpaired) electrons. The largest absolute Gasteiger partial charge is 0.380 e. The average molecular weight is 545 g/mol. The summed E-state index contributed by atoms with van der Waals surface area (Å²) >= 11 is 1.74. The molecule has 0 spiro atoms. The average Bonchev–Trinajstić information content (AvgIpc) is 3.66. The van der Waals surface area contributed by atoms with Gasteiger partial charge in [0.2, 0.25) is 5.95 Å². The van der Waals surface area contributed by atoms with E-state index in [-0.39, 0.29) is 0 Å². The van der Waals surface area contributed by atoms with Crippen LogP contribution in [0.5, 0.6) is 0 Å². The Morgan fingerprint density at radius 1 is 1.24 bits per heavy atom. The third-order valence-electron chi connectivity index (χ3n) is 6.98. The van der Waals surface area contributed by atoms with Gasteiger partial charge in [0, 0.05) is 75.5 Å². The van der Waals surface area contributed by atoms with Crippen LogP contribution in [0.3, 0.4) is 0 Å². The molecule has 10 heteroatoms. The smallest absolute Gasteiger partial charge is 0.224 e. The van der Waals surface area contributed by atoms with Gasteiger partial charge < -0.3 is 15.4 Å². The maximum atomic E-state index is 12.1. The van der Waals surface area contributed by atoms with E-state index < -0.39 is 10.8 Å². The SMILES string of the molecule is C=Nc1c(SCc2c(C)nc(NCCOCC)nc2NC2CCC(CS(=O)CC)C2)ccnc1C1CC1. The van der Waals surface area contributed by atoms with Gasteiger partial charge in [-0.3, -0.25) is 14.2 Å². The Bertz CT molecular complexity index is 1090. The number of hydrogen-bond acceptors (Lipinski definition) is 9. The molecule has 2 aromatic rings. The molecule has 8 nitrogen and oxygen atoms in total. The predicted molar refractivity (Wildman–Crippen MR) is 155 cm³/mol. The maximum absolute atomic E-state index is 12.1. The summed E-state index contributed by atoms with van der Waals surface area (Å²) in [5, 5.41) is 7.04. The molecule has 202 valence electrons. The number of hydrogen-bond donors (Lipinski definition) is 2. The lowest BCUT2D eigenvalue weighted by Gasteiger charge is -2.20. The molecule has 2 heterocycles. The van der Waals surface area contributed by atoms with E-state index in [0.717, 1.165) is 69.9 Å². The number of anilines is 2. The number of nitrogens with one attached hydrogen (secondary N) is 2. The van der Waals surface area contributed by atoms with Crippen LogP contribution in [0.1, 0.15) is 68.8 Å². The lowest BCUT2D eigenvalue weighted by molar-refractivity contribution is 0.158. The Balaban J connectivity index is 1.52. The standard InChI is InChI=1S/C27H40N6O2S2/c1-5-35-14-13-30-27-31-18(3)22(16-36-23-11-12-29-24(20-8-9-20)25(23)28-4)26(33-27)32-21-10-7-19(15-21)17-37(34)6-2/h11-12,19-21H,4-10,13-17H2,1-3H3,(H2,30,31,32,33). The quantitative estimate of drug-likeness (QED) is 0.173. The first-order valence-electron chi connectivity index (χ1n) is 13.4. The Hall–Kier alpha value is -2.04. The number of nitrogens with zero attached hydrogens (tertiary/aromatic N) is 4. The number of aliphatic imine (C=N–C) groups is 1. The van der Waals surface area contributed by atoms with Gasteiger partial charge in [-0.1, -0.05) is 6.92 Å². The van der Waals surface area contributed by atoms with E-state index in [9.17, 15) is 4.21 Å². The van der Waals surface area contributed by atoms with Crippen LogP contribution < -0.4 is 10.6 Å². The normalized spacial score (nSPS) is 20.1. The van der Waals surface area contributed by atoms with Crippen molar-refractivity contribution in [1.29, 1.82) is 0 Å². The molecule has 2 saturated carbocycles. The van der Waals surface area contributed by atoms with E-state index in [1.807, 2.05) is 33.0 Å². The van der Waals surface area contributed by atoms with Crippen molar-refractivity contribution >= 4 is 46.7 Å². The van der Waals surface area contributed by atoms with E-state index in [2.05, 4.69) is 27.3 Å². The van der Waals surface area contributed by atoms with Gasteiger partial charge in [0.1, 0.15) is 5.82 Å². The molecule has 3 unspecified atom stereocenters. The van der Waals surface area contributed by atoms with Crippen molar-refractivity contribution < 1.29 is 8.95 Å². The Kier molecular flexibility index (Phi) is 10.3. The third kappa shape index (κ3) is 7.74. The van der Waals surface area contributed by atoms with E-state index in [0.29, 0.717) is 43.6 Å². The van der Waals surface area contributed by atoms with Gasteiger partial charge in [0.15, 0.2) is 0 Å². The zero-order valence-corrected chi connectivity index (χ0v) is 23.9. The summed E-state index contributed by atoms with van der Waals surface area (Å²) in [6, 6.07) is 2.35. The van der Waals surface area contributed by atoms with E-state index >= 15 is 0 Å². The van der Waals surface area contributed by atoms with Crippen LogP contribution in [0.4, 0.5) is 17.5 Å². The van der Waals surface area contributed by atoms with E-state index in [4.69, 9.17) is 14.7 Å². The lowest BCUT2D eigenvalue weighted by Crippen LogP contribution is -2.21. The second-order valence-electron chi connectivity index (χ2n) is 9.76. The van der Waals surface area contributed by atoms with Crippen molar-refractivity contribution in [3.63, 3.8) is 0 Å². The molecular formula is C27H40N6O2S2. The van der Waals surface area contributed by atoms with Crippen LogP contribution >= 0.6 is 11.8 Å². The van der Waals surface area contributed by atoms with Gasteiger partial charge >= 0.3 is 0 Å². The predicted octanol–water partition coefficient (Wildman–Crippen LogP) is 5.48. The molecule has 2 fully saturated rings. The molecule has 0 saturated heterocycles. The van der Waals surface area contributed by atoms with Crippen LogP contribution in [0.15, 0.2) is 22.2 Å². The fourth-order valence-electron chi connectivity index (χ4n) is 4.81. The lowest BCUT2D eigenvalue weighted by atomic mass is 10.1. The van der Waals surface area contributed by atoms with Gasteiger partial charge in [-0.15, -0.1) is 11.8 Å². The van der Waals surface area contributed by atoms with Crippen LogP contribution in [-0.2, 0) is 21.3 Å². The first kappa shape index (κ1) is 28.0. The summed E-state index contributed by atoms with van der Waals surface area (Å²) in [6.07, 6.45) is 7.43. The van der Waals surface area contributed by atoms with Crippen molar-refractivity contribution in [2.24, 2.45) is 10.9 Å². The van der Waals surface area contributed by atoms with Crippen LogP contribution in [0.2, 0.25) is 0 Å². The molecule has 3 atom stereocenters. The second-order valence-corrected chi connectivity index (χ2v) is 12.6. The highest BCUT2D eigenvalue weighted by Gasteiger charge is 2.29. The zero-order chi connectivity index (χ0) is 26.2. The number of aromatic nitrogens is 3. The van der Waals surface area contributed by atoms with E-state index in [1.165, 1.54) is 12.8 Å². The molecule has 4 rings (SSSR count). The van der Waals surface area contributed by atoms with Crippen molar-refractivity contribution in [2.45, 2.75) is 75.5 Å². The molecule has 0 bridgehead atoms. The number of ether oxygens (including phenoxy) is 1. The first-order chi connectivity index (χ1) is 18.0. The number of rotatable bonds is 15. The minimum atomic E-state index is -0.722. The monoisotopic (exact) mass is 544 g/mol. The summed E-state index contributed by atoms with van der Waals surface area (Å²) in [6.45, 7) is 11.8. The molecule has 2 aliphatic carbocycles. The fraction of sp³-hybridized carbons (Fsp3) is 0.630. The van der Waals surface area contributed by atoms with Crippen LogP contribution in [-0.4, -0.2) is 63.2 Å². The molecule has 2 N–H and O–H groups in total. The van der Waals surface area contributed by atoms with Crippen molar-refractivity contribution in [3.05, 3.63) is 29.2 Å². The summed E-state index contributed by atoms with van der Waals surface area (Å²) in [4.78, 5) is 19.7. The van der Waals surface area contributed by atoms with Crippen LogP contribution in [0, 0.1) is 12.8 Å². The maximum Gasteiger partial charge on any atom is 0.224 e. The molecule has 37 heavy (non-hydrogen) atoms. The molecule has 2 aromatic heterocycles. The highest BCUT2D eigenvalue weighted by molar-refractivity contribution is 7.98. The summed E-state index contributed by atoms with van der Waals surface area (Å²) in [7, 11) is -0.722. The van der Waals surface area contributed by atoms with Gasteiger partial charge in [-0.25, -0.2) is 4.98 Å². The zero-order valence-electron chi connectivity index (χ0n) is 22.3. The second kappa shape index (κ2) is 13.7. The third-order valence-corrected chi connectivity index (χ3v) is 9.54. The highest BCUT2D eigenvalue weighted by atomic mass is 32.2. The summed E-state index contributed by atoms with van der Waals surface area (Å²) in [5.74, 6) is 4.77. The van der Waals surface area contributed by atoms with Crippen molar-refractivity contribution in [3.8, 4) is 0 Å². The van der Waals surface area contributed by atoms with Gasteiger partial charge in [0.05, 0.1) is 18.0 Å². The number of thioether (sulfide) groups is 1. The van der Waals surface area contributed by atoms with Crippen molar-refractivity contribution in [2.75, 3.05) is 41.9 Å². The Morgan fingerprint density at radius 2 is 2.08 bits per heavy atom. The van der Waals surface area contributed by atoms with Gasteiger partial charge in [-0.2, -0.15) is 4.98 Å². The number of pyridine rings is 1. The highest BCUT2D eigenvalue weighted by Crippen LogP contribution is 2.46. The topological polar surface area (TPSA) is 101 Å². The first-order valence-corrected chi connectivity index (χ1v) is 15.9. The molecule has 0 aromatic carbocycles. The summed E-state index contributed by atoms with van der Waals surface area (Å²) < 4.78 is 17.6. The minimum absolute atomic E-state index is 0.320. The molecule has 0 amide bonds. The molecule has 0 aliphatic heterocycles. The molecule has 2 aliphatic rings. The fourth-order valence-corrected chi connectivity index (χ4v) is 6.98. The van der Waals surface area contributed by atoms with Crippen molar-refractivity contribution in [1.82, 2.24) is 15.0 Å². The van der Waals surface area contributed by atoms with Crippen LogP contribution in [0.25, 0.3) is 0 Å².